The fourth-order valence-electron chi connectivity index (χ4n) is 1.25. The van der Waals surface area contributed by atoms with E-state index in [-0.39, 0.29) is 6.42 Å². The van der Waals surface area contributed by atoms with E-state index >= 15 is 0 Å². The number of nitriles is 1. The van der Waals surface area contributed by atoms with Crippen molar-refractivity contribution in [3.63, 3.8) is 0 Å². The van der Waals surface area contributed by atoms with Gasteiger partial charge in [-0.25, -0.2) is 0 Å². The predicted octanol–water partition coefficient (Wildman–Crippen LogP) is 0.903. The SMILES string of the molecule is C[C@](N)(Cc1cccc(C#N)c1)C(=O)O. The summed E-state index contributed by atoms with van der Waals surface area (Å²) in [7, 11) is 0. The van der Waals surface area contributed by atoms with E-state index in [9.17, 15) is 4.79 Å². The minimum atomic E-state index is -1.30. The topological polar surface area (TPSA) is 87.1 Å². The first-order valence-corrected chi connectivity index (χ1v) is 4.47. The maximum absolute atomic E-state index is 10.8. The molecule has 0 spiro atoms. The Kier molecular flexibility index (Phi) is 3.08. The van der Waals surface area contributed by atoms with Crippen LogP contribution in [0.3, 0.4) is 0 Å². The van der Waals surface area contributed by atoms with Crippen molar-refractivity contribution in [2.45, 2.75) is 18.9 Å². The van der Waals surface area contributed by atoms with Gasteiger partial charge in [-0.2, -0.15) is 5.26 Å². The molecule has 0 aromatic heterocycles. The second kappa shape index (κ2) is 4.11. The molecule has 0 saturated carbocycles. The summed E-state index contributed by atoms with van der Waals surface area (Å²) in [6, 6.07) is 8.78. The van der Waals surface area contributed by atoms with E-state index in [2.05, 4.69) is 0 Å². The van der Waals surface area contributed by atoms with Crippen LogP contribution in [0.1, 0.15) is 18.1 Å². The molecule has 0 saturated heterocycles. The Bertz CT molecular complexity index is 419. The van der Waals surface area contributed by atoms with Gasteiger partial charge in [0.05, 0.1) is 11.6 Å². The number of hydrogen-bond donors (Lipinski definition) is 2. The average molecular weight is 204 g/mol. The van der Waals surface area contributed by atoms with Crippen LogP contribution in [0.15, 0.2) is 24.3 Å². The summed E-state index contributed by atoms with van der Waals surface area (Å²) in [5.74, 6) is -1.05. The maximum Gasteiger partial charge on any atom is 0.323 e. The molecule has 0 radical (unpaired) electrons. The Morgan fingerprint density at radius 2 is 2.33 bits per heavy atom. The highest BCUT2D eigenvalue weighted by atomic mass is 16.4. The summed E-state index contributed by atoms with van der Waals surface area (Å²) >= 11 is 0. The molecule has 0 heterocycles. The zero-order valence-corrected chi connectivity index (χ0v) is 8.40. The van der Waals surface area contributed by atoms with E-state index < -0.39 is 11.5 Å². The van der Waals surface area contributed by atoms with Gasteiger partial charge in [0.2, 0.25) is 0 Å². The number of benzene rings is 1. The van der Waals surface area contributed by atoms with E-state index in [0.29, 0.717) is 5.56 Å². The molecule has 78 valence electrons. The van der Waals surface area contributed by atoms with Crippen molar-refractivity contribution in [2.24, 2.45) is 5.73 Å². The van der Waals surface area contributed by atoms with Gasteiger partial charge < -0.3 is 10.8 Å². The van der Waals surface area contributed by atoms with Gasteiger partial charge in [0.25, 0.3) is 0 Å². The standard InChI is InChI=1S/C11H12N2O2/c1-11(13,10(14)15)6-8-3-2-4-9(5-8)7-12/h2-5H,6,13H2,1H3,(H,14,15)/t11-/m0/s1. The van der Waals surface area contributed by atoms with Gasteiger partial charge in [-0.05, 0) is 24.6 Å². The van der Waals surface area contributed by atoms with E-state index in [1.807, 2.05) is 6.07 Å². The van der Waals surface area contributed by atoms with Gasteiger partial charge in [0, 0.05) is 6.42 Å². The number of aliphatic carboxylic acids is 1. The Morgan fingerprint density at radius 1 is 1.67 bits per heavy atom. The normalized spacial score (nSPS) is 13.9. The zero-order valence-electron chi connectivity index (χ0n) is 8.40. The molecule has 0 amide bonds. The first-order valence-electron chi connectivity index (χ1n) is 4.47. The largest absolute Gasteiger partial charge is 0.480 e. The van der Waals surface area contributed by atoms with Crippen LogP contribution in [0.2, 0.25) is 0 Å². The molecule has 15 heavy (non-hydrogen) atoms. The molecule has 0 aliphatic rings. The van der Waals surface area contributed by atoms with Crippen LogP contribution in [0.25, 0.3) is 0 Å². The highest BCUT2D eigenvalue weighted by molar-refractivity contribution is 5.78. The van der Waals surface area contributed by atoms with Crippen LogP contribution in [-0.2, 0) is 11.2 Å². The minimum Gasteiger partial charge on any atom is -0.480 e. The molecule has 1 aromatic rings. The van der Waals surface area contributed by atoms with Crippen LogP contribution >= 0.6 is 0 Å². The molecule has 0 fully saturated rings. The number of nitrogens with zero attached hydrogens (tertiary/aromatic N) is 1. The lowest BCUT2D eigenvalue weighted by Gasteiger charge is -2.18. The summed E-state index contributed by atoms with van der Waals surface area (Å²) in [6.07, 6.45) is 0.206. The molecule has 1 atom stereocenters. The van der Waals surface area contributed by atoms with E-state index in [1.54, 1.807) is 24.3 Å². The zero-order chi connectivity index (χ0) is 11.5. The van der Waals surface area contributed by atoms with Gasteiger partial charge in [-0.1, -0.05) is 12.1 Å². The van der Waals surface area contributed by atoms with Crippen LogP contribution in [-0.4, -0.2) is 16.6 Å². The maximum atomic E-state index is 10.8. The van der Waals surface area contributed by atoms with Crippen molar-refractivity contribution in [1.29, 1.82) is 5.26 Å². The van der Waals surface area contributed by atoms with E-state index in [0.717, 1.165) is 5.56 Å². The molecule has 0 unspecified atom stereocenters. The lowest BCUT2D eigenvalue weighted by Crippen LogP contribution is -2.46. The minimum absolute atomic E-state index is 0.206. The molecular formula is C11H12N2O2. The summed E-state index contributed by atoms with van der Waals surface area (Å²) in [4.78, 5) is 10.8. The Balaban J connectivity index is 2.91. The third-order valence-corrected chi connectivity index (χ3v) is 2.12. The van der Waals surface area contributed by atoms with E-state index in [4.69, 9.17) is 16.1 Å². The summed E-state index contributed by atoms with van der Waals surface area (Å²) < 4.78 is 0. The lowest BCUT2D eigenvalue weighted by molar-refractivity contribution is -0.142. The molecular weight excluding hydrogens is 192 g/mol. The Morgan fingerprint density at radius 3 is 2.87 bits per heavy atom. The van der Waals surface area contributed by atoms with Crippen LogP contribution in [0.4, 0.5) is 0 Å². The lowest BCUT2D eigenvalue weighted by atomic mass is 9.93. The van der Waals surface area contributed by atoms with Crippen molar-refractivity contribution in [2.75, 3.05) is 0 Å². The summed E-state index contributed by atoms with van der Waals surface area (Å²) in [6.45, 7) is 1.45. The molecule has 4 heteroatoms. The van der Waals surface area contributed by atoms with Crippen LogP contribution in [0, 0.1) is 11.3 Å². The third-order valence-electron chi connectivity index (χ3n) is 2.12. The molecule has 0 aliphatic heterocycles. The number of carboxylic acid groups (broad SMARTS) is 1. The number of nitrogens with two attached hydrogens (primary N) is 1. The average Bonchev–Trinajstić information content (AvgIpc) is 2.17. The number of carboxylic acids is 1. The quantitative estimate of drug-likeness (QED) is 0.765. The van der Waals surface area contributed by atoms with Crippen molar-refractivity contribution < 1.29 is 9.90 Å². The van der Waals surface area contributed by atoms with Crippen molar-refractivity contribution in [3.8, 4) is 6.07 Å². The van der Waals surface area contributed by atoms with Gasteiger partial charge in [0.1, 0.15) is 5.54 Å². The second-order valence-electron chi connectivity index (χ2n) is 3.71. The van der Waals surface area contributed by atoms with Crippen LogP contribution < -0.4 is 5.73 Å². The second-order valence-corrected chi connectivity index (χ2v) is 3.71. The monoisotopic (exact) mass is 204 g/mol. The van der Waals surface area contributed by atoms with Gasteiger partial charge in [-0.3, -0.25) is 4.79 Å². The molecule has 1 aromatic carbocycles. The van der Waals surface area contributed by atoms with Crippen molar-refractivity contribution in [1.82, 2.24) is 0 Å². The van der Waals surface area contributed by atoms with Crippen molar-refractivity contribution >= 4 is 5.97 Å². The van der Waals surface area contributed by atoms with Crippen LogP contribution in [0.5, 0.6) is 0 Å². The molecule has 4 nitrogen and oxygen atoms in total. The number of carbonyl (C=O) groups is 1. The molecule has 0 aliphatic carbocycles. The first kappa shape index (κ1) is 11.2. The Labute approximate surface area is 87.9 Å². The number of hydrogen-bond acceptors (Lipinski definition) is 3. The summed E-state index contributed by atoms with van der Waals surface area (Å²) in [5.41, 5.74) is 5.56. The predicted molar refractivity (Wildman–Crippen MR) is 55.1 cm³/mol. The fourth-order valence-corrected chi connectivity index (χ4v) is 1.25. The molecule has 1 rings (SSSR count). The Hall–Kier alpha value is -1.86. The highest BCUT2D eigenvalue weighted by Crippen LogP contribution is 2.12. The third kappa shape index (κ3) is 2.79. The molecule has 0 bridgehead atoms. The number of rotatable bonds is 3. The highest BCUT2D eigenvalue weighted by Gasteiger charge is 2.27. The summed E-state index contributed by atoms with van der Waals surface area (Å²) in [5, 5.41) is 17.5. The van der Waals surface area contributed by atoms with E-state index in [1.165, 1.54) is 6.92 Å². The smallest absolute Gasteiger partial charge is 0.323 e. The van der Waals surface area contributed by atoms with Gasteiger partial charge >= 0.3 is 5.97 Å². The van der Waals surface area contributed by atoms with Gasteiger partial charge in [-0.15, -0.1) is 0 Å². The first-order chi connectivity index (χ1) is 6.95. The molecule has 3 N–H and O–H groups in total. The fraction of sp³-hybridized carbons (Fsp3) is 0.273. The van der Waals surface area contributed by atoms with Gasteiger partial charge in [0.15, 0.2) is 0 Å². The van der Waals surface area contributed by atoms with Crippen molar-refractivity contribution in [3.05, 3.63) is 35.4 Å².